The minimum Gasteiger partial charge on any atom is -0.449 e. The maximum Gasteiger partial charge on any atom is 0.338 e. The van der Waals surface area contributed by atoms with Crippen LogP contribution in [0.5, 0.6) is 0 Å². The molecule has 0 aliphatic rings. The number of rotatable bonds is 6. The Balaban J connectivity index is 1.24. The molecule has 2 aromatic carbocycles. The van der Waals surface area contributed by atoms with Gasteiger partial charge < -0.3 is 9.72 Å². The van der Waals surface area contributed by atoms with E-state index in [1.165, 1.54) is 18.3 Å². The van der Waals surface area contributed by atoms with Crippen molar-refractivity contribution in [2.24, 2.45) is 0 Å². The quantitative estimate of drug-likeness (QED) is 0.264. The predicted octanol–water partition coefficient (Wildman–Crippen LogP) is 5.69. The standard InChI is InChI=1S/C25H18BrN5O3S/c1-14(23(32)31-25-30-21(13-35-25)15-4-7-18(26)8-5-15)34-24(33)16-6-9-19-20(11-16)29-22(28-19)17-3-2-10-27-12-17/h2-14H,1H3,(H,28,29)(H,30,31,32). The number of thiazole rings is 1. The van der Waals surface area contributed by atoms with Crippen molar-refractivity contribution < 1.29 is 14.3 Å². The Labute approximate surface area is 212 Å². The molecule has 0 radical (unpaired) electrons. The summed E-state index contributed by atoms with van der Waals surface area (Å²) in [6, 6.07) is 16.4. The summed E-state index contributed by atoms with van der Waals surface area (Å²) in [6.45, 7) is 1.52. The molecule has 35 heavy (non-hydrogen) atoms. The van der Waals surface area contributed by atoms with Crippen LogP contribution in [0.4, 0.5) is 5.13 Å². The molecular weight excluding hydrogens is 530 g/mol. The average Bonchev–Trinajstić information content (AvgIpc) is 3.51. The molecule has 0 saturated heterocycles. The van der Waals surface area contributed by atoms with E-state index in [0.29, 0.717) is 27.6 Å². The summed E-state index contributed by atoms with van der Waals surface area (Å²) in [7, 11) is 0. The highest BCUT2D eigenvalue weighted by Crippen LogP contribution is 2.26. The molecule has 10 heteroatoms. The maximum atomic E-state index is 12.7. The van der Waals surface area contributed by atoms with Gasteiger partial charge in [0.1, 0.15) is 5.82 Å². The number of nitrogens with zero attached hydrogens (tertiary/aromatic N) is 3. The maximum absolute atomic E-state index is 12.7. The molecule has 3 aromatic heterocycles. The summed E-state index contributed by atoms with van der Waals surface area (Å²) in [5, 5.41) is 5.00. The Kier molecular flexibility index (Phi) is 6.39. The van der Waals surface area contributed by atoms with Crippen molar-refractivity contribution >= 4 is 55.3 Å². The van der Waals surface area contributed by atoms with Crippen LogP contribution in [0, 0.1) is 0 Å². The number of imidazole rings is 1. The van der Waals surface area contributed by atoms with E-state index in [1.807, 2.05) is 41.8 Å². The zero-order chi connectivity index (χ0) is 24.4. The minimum absolute atomic E-state index is 0.310. The summed E-state index contributed by atoms with van der Waals surface area (Å²) in [6.07, 6.45) is 2.39. The highest BCUT2D eigenvalue weighted by atomic mass is 79.9. The van der Waals surface area contributed by atoms with E-state index in [4.69, 9.17) is 4.74 Å². The Bertz CT molecular complexity index is 1520. The topological polar surface area (TPSA) is 110 Å². The molecule has 174 valence electrons. The van der Waals surface area contributed by atoms with Crippen molar-refractivity contribution in [3.8, 4) is 22.6 Å². The number of hydrogen-bond acceptors (Lipinski definition) is 7. The molecule has 5 rings (SSSR count). The minimum atomic E-state index is -1.01. The van der Waals surface area contributed by atoms with Crippen LogP contribution in [0.1, 0.15) is 17.3 Å². The smallest absolute Gasteiger partial charge is 0.338 e. The van der Waals surface area contributed by atoms with Crippen molar-refractivity contribution in [3.05, 3.63) is 82.4 Å². The predicted molar refractivity (Wildman–Crippen MR) is 138 cm³/mol. The van der Waals surface area contributed by atoms with Gasteiger partial charge in [-0.25, -0.2) is 14.8 Å². The second kappa shape index (κ2) is 9.77. The highest BCUT2D eigenvalue weighted by Gasteiger charge is 2.21. The molecule has 0 fully saturated rings. The van der Waals surface area contributed by atoms with Gasteiger partial charge in [-0.15, -0.1) is 11.3 Å². The number of ether oxygens (including phenoxy) is 1. The number of halogens is 1. The van der Waals surface area contributed by atoms with Crippen LogP contribution in [0.15, 0.2) is 76.8 Å². The van der Waals surface area contributed by atoms with Crippen LogP contribution < -0.4 is 5.32 Å². The van der Waals surface area contributed by atoms with Gasteiger partial charge in [0.05, 0.1) is 22.3 Å². The number of aromatic amines is 1. The van der Waals surface area contributed by atoms with Gasteiger partial charge in [0.2, 0.25) is 0 Å². The van der Waals surface area contributed by atoms with Gasteiger partial charge in [-0.3, -0.25) is 15.1 Å². The van der Waals surface area contributed by atoms with Gasteiger partial charge in [0.15, 0.2) is 11.2 Å². The molecule has 1 atom stereocenters. The number of anilines is 1. The van der Waals surface area contributed by atoms with Crippen LogP contribution >= 0.6 is 27.3 Å². The molecule has 3 heterocycles. The second-order valence-corrected chi connectivity index (χ2v) is 9.41. The van der Waals surface area contributed by atoms with Crippen LogP contribution in [0.2, 0.25) is 0 Å². The zero-order valence-electron chi connectivity index (χ0n) is 18.4. The first-order chi connectivity index (χ1) is 17.0. The number of pyridine rings is 1. The average molecular weight is 548 g/mol. The number of amides is 1. The van der Waals surface area contributed by atoms with E-state index in [2.05, 4.69) is 41.2 Å². The van der Waals surface area contributed by atoms with Gasteiger partial charge in [-0.1, -0.05) is 28.1 Å². The molecule has 0 spiro atoms. The molecule has 0 aliphatic carbocycles. The normalized spacial score (nSPS) is 11.8. The van der Waals surface area contributed by atoms with E-state index >= 15 is 0 Å². The highest BCUT2D eigenvalue weighted by molar-refractivity contribution is 9.10. The molecule has 0 bridgehead atoms. The van der Waals surface area contributed by atoms with Crippen LogP contribution in [-0.2, 0) is 9.53 Å². The van der Waals surface area contributed by atoms with Crippen molar-refractivity contribution in [1.29, 1.82) is 0 Å². The largest absolute Gasteiger partial charge is 0.449 e. The van der Waals surface area contributed by atoms with Gasteiger partial charge in [0.25, 0.3) is 5.91 Å². The Morgan fingerprint density at radius 1 is 1.09 bits per heavy atom. The lowest BCUT2D eigenvalue weighted by Crippen LogP contribution is -2.29. The molecule has 1 unspecified atom stereocenters. The number of hydrogen-bond donors (Lipinski definition) is 2. The van der Waals surface area contributed by atoms with Crippen LogP contribution in [0.3, 0.4) is 0 Å². The summed E-state index contributed by atoms with van der Waals surface area (Å²) in [5.74, 6) is -0.421. The van der Waals surface area contributed by atoms with Gasteiger partial charge >= 0.3 is 5.97 Å². The van der Waals surface area contributed by atoms with Gasteiger partial charge in [-0.05, 0) is 49.4 Å². The Morgan fingerprint density at radius 3 is 2.69 bits per heavy atom. The Hall–Kier alpha value is -3.89. The van der Waals surface area contributed by atoms with Crippen molar-refractivity contribution in [2.45, 2.75) is 13.0 Å². The molecule has 1 amide bonds. The zero-order valence-corrected chi connectivity index (χ0v) is 20.8. The fourth-order valence-corrected chi connectivity index (χ4v) is 4.34. The van der Waals surface area contributed by atoms with Crippen LogP contribution in [-0.4, -0.2) is 37.9 Å². The summed E-state index contributed by atoms with van der Waals surface area (Å²) in [4.78, 5) is 41.5. The number of esters is 1. The first-order valence-corrected chi connectivity index (χ1v) is 12.3. The summed E-state index contributed by atoms with van der Waals surface area (Å²) < 4.78 is 6.37. The molecular formula is C25H18BrN5O3S. The lowest BCUT2D eigenvalue weighted by Gasteiger charge is -2.12. The Morgan fingerprint density at radius 2 is 1.91 bits per heavy atom. The van der Waals surface area contributed by atoms with E-state index in [-0.39, 0.29) is 0 Å². The summed E-state index contributed by atoms with van der Waals surface area (Å²) in [5.41, 5.74) is 4.22. The number of carbonyl (C=O) groups excluding carboxylic acids is 2. The third-order valence-corrected chi connectivity index (χ3v) is 6.47. The number of aromatic nitrogens is 4. The lowest BCUT2D eigenvalue weighted by molar-refractivity contribution is -0.123. The van der Waals surface area contributed by atoms with Gasteiger partial charge in [0, 0.05) is 33.4 Å². The monoisotopic (exact) mass is 547 g/mol. The van der Waals surface area contributed by atoms with Crippen molar-refractivity contribution in [3.63, 3.8) is 0 Å². The molecule has 5 aromatic rings. The molecule has 0 saturated carbocycles. The fraction of sp³-hybridized carbons (Fsp3) is 0.0800. The lowest BCUT2D eigenvalue weighted by atomic mass is 10.2. The number of benzene rings is 2. The molecule has 0 aliphatic heterocycles. The summed E-state index contributed by atoms with van der Waals surface area (Å²) >= 11 is 4.71. The van der Waals surface area contributed by atoms with Gasteiger partial charge in [-0.2, -0.15) is 0 Å². The second-order valence-electron chi connectivity index (χ2n) is 7.64. The third-order valence-electron chi connectivity index (χ3n) is 5.18. The van der Waals surface area contributed by atoms with Crippen molar-refractivity contribution in [1.82, 2.24) is 19.9 Å². The van der Waals surface area contributed by atoms with E-state index < -0.39 is 18.0 Å². The van der Waals surface area contributed by atoms with Crippen LogP contribution in [0.25, 0.3) is 33.7 Å². The first-order valence-electron chi connectivity index (χ1n) is 10.6. The first kappa shape index (κ1) is 22.9. The number of H-pyrrole nitrogens is 1. The van der Waals surface area contributed by atoms with Crippen molar-refractivity contribution in [2.75, 3.05) is 5.32 Å². The number of fused-ring (bicyclic) bond motifs is 1. The van der Waals surface area contributed by atoms with E-state index in [1.54, 1.807) is 30.6 Å². The molecule has 2 N–H and O–H groups in total. The molecule has 8 nitrogen and oxygen atoms in total. The number of carbonyl (C=O) groups is 2. The van der Waals surface area contributed by atoms with E-state index in [9.17, 15) is 9.59 Å². The SMILES string of the molecule is CC(OC(=O)c1ccc2nc(-c3cccnc3)[nH]c2c1)C(=O)Nc1nc(-c2ccc(Br)cc2)cs1. The van der Waals surface area contributed by atoms with E-state index in [0.717, 1.165) is 21.3 Å². The number of nitrogens with one attached hydrogen (secondary N) is 2. The third kappa shape index (κ3) is 5.13. The fourth-order valence-electron chi connectivity index (χ4n) is 3.35.